The normalized spacial score (nSPS) is 11.2. The second-order valence-electron chi connectivity index (χ2n) is 3.60. The molecule has 0 saturated carbocycles. The number of carbonyl (C=O) groups is 2. The van der Waals surface area contributed by atoms with E-state index in [1.807, 2.05) is 0 Å². The Hall–Kier alpha value is -1.61. The van der Waals surface area contributed by atoms with Crippen LogP contribution < -0.4 is 16.4 Å². The first kappa shape index (κ1) is 15.4. The van der Waals surface area contributed by atoms with Gasteiger partial charge in [0.2, 0.25) is 0 Å². The third-order valence-electron chi connectivity index (χ3n) is 2.01. The molecule has 0 saturated heterocycles. The summed E-state index contributed by atoms with van der Waals surface area (Å²) in [5.41, 5.74) is 5.20. The molecule has 0 radical (unpaired) electrons. The summed E-state index contributed by atoms with van der Waals surface area (Å²) in [5.74, 6) is -2.69. The summed E-state index contributed by atoms with van der Waals surface area (Å²) in [5, 5.41) is 3.99. The Morgan fingerprint density at radius 3 is 2.58 bits per heavy atom. The van der Waals surface area contributed by atoms with Gasteiger partial charge in [-0.3, -0.25) is 9.59 Å². The summed E-state index contributed by atoms with van der Waals surface area (Å²) in [4.78, 5) is 23.1. The van der Waals surface area contributed by atoms with Crippen molar-refractivity contribution in [3.8, 4) is 0 Å². The van der Waals surface area contributed by atoms with Gasteiger partial charge in [0.25, 0.3) is 5.91 Å². The lowest BCUT2D eigenvalue weighted by Crippen LogP contribution is -2.32. The van der Waals surface area contributed by atoms with Crippen LogP contribution in [0.1, 0.15) is 15.2 Å². The lowest BCUT2D eigenvalue weighted by Gasteiger charge is -2.08. The lowest BCUT2D eigenvalue weighted by atomic mass is 10.2. The average Bonchev–Trinajstić information content (AvgIpc) is 2.66. The Morgan fingerprint density at radius 1 is 1.42 bits per heavy atom. The molecule has 0 aromatic carbocycles. The molecule has 9 heteroatoms. The van der Waals surface area contributed by atoms with Crippen molar-refractivity contribution in [2.75, 3.05) is 18.4 Å². The molecule has 0 spiro atoms. The minimum atomic E-state index is -5.00. The van der Waals surface area contributed by atoms with Crippen LogP contribution >= 0.6 is 11.3 Å². The number of thiophene rings is 1. The van der Waals surface area contributed by atoms with E-state index in [0.717, 1.165) is 11.3 Å². The first-order chi connectivity index (χ1) is 8.75. The fourth-order valence-electron chi connectivity index (χ4n) is 1.23. The highest BCUT2D eigenvalue weighted by Crippen LogP contribution is 2.29. The minimum Gasteiger partial charge on any atom is -0.351 e. The molecular weight excluding hydrogens is 283 g/mol. The summed E-state index contributed by atoms with van der Waals surface area (Å²) < 4.78 is 36.5. The van der Waals surface area contributed by atoms with Gasteiger partial charge in [0.05, 0.1) is 5.56 Å². The highest BCUT2D eigenvalue weighted by atomic mass is 32.1. The van der Waals surface area contributed by atoms with Crippen molar-refractivity contribution in [3.63, 3.8) is 0 Å². The van der Waals surface area contributed by atoms with Crippen LogP contribution in [0.3, 0.4) is 0 Å². The Kier molecular flexibility index (Phi) is 4.90. The molecule has 0 fully saturated rings. The molecule has 2 amide bonds. The van der Waals surface area contributed by atoms with Crippen molar-refractivity contribution >= 4 is 28.2 Å². The molecule has 4 N–H and O–H groups in total. The topological polar surface area (TPSA) is 84.2 Å². The van der Waals surface area contributed by atoms with Gasteiger partial charge in [-0.1, -0.05) is 0 Å². The number of nitrogens with two attached hydrogens (primary N) is 1. The molecule has 1 aromatic heterocycles. The summed E-state index contributed by atoms with van der Waals surface area (Å²) in [6.07, 6.45) is -5.00. The van der Waals surface area contributed by atoms with Crippen LogP contribution in [0.4, 0.5) is 18.2 Å². The van der Waals surface area contributed by atoms with Gasteiger partial charge >= 0.3 is 12.1 Å². The number of aryl methyl sites for hydroxylation is 1. The predicted molar refractivity (Wildman–Crippen MR) is 65.1 cm³/mol. The molecule has 1 aromatic rings. The van der Waals surface area contributed by atoms with Crippen molar-refractivity contribution in [3.05, 3.63) is 16.5 Å². The van der Waals surface area contributed by atoms with E-state index in [2.05, 4.69) is 5.32 Å². The fraction of sp³-hybridized carbons (Fsp3) is 0.400. The fourth-order valence-corrected chi connectivity index (χ4v) is 2.13. The number of anilines is 1. The number of hydrogen-bond donors (Lipinski definition) is 3. The Morgan fingerprint density at radius 2 is 2.05 bits per heavy atom. The van der Waals surface area contributed by atoms with Gasteiger partial charge in [0.1, 0.15) is 5.00 Å². The number of amides is 2. The van der Waals surface area contributed by atoms with Gasteiger partial charge in [-0.2, -0.15) is 13.2 Å². The first-order valence-electron chi connectivity index (χ1n) is 5.22. The third-order valence-corrected chi connectivity index (χ3v) is 2.98. The number of hydrogen-bond acceptors (Lipinski definition) is 4. The quantitative estimate of drug-likeness (QED) is 0.781. The highest BCUT2D eigenvalue weighted by Gasteiger charge is 2.39. The van der Waals surface area contributed by atoms with E-state index in [9.17, 15) is 22.8 Å². The molecule has 0 aliphatic heterocycles. The number of alkyl halides is 3. The molecule has 1 rings (SSSR count). The highest BCUT2D eigenvalue weighted by molar-refractivity contribution is 7.16. The van der Waals surface area contributed by atoms with Crippen molar-refractivity contribution in [1.29, 1.82) is 0 Å². The summed E-state index contributed by atoms with van der Waals surface area (Å²) in [6.45, 7) is 2.02. The van der Waals surface area contributed by atoms with Crippen LogP contribution in [0.5, 0.6) is 0 Å². The third kappa shape index (κ3) is 4.21. The monoisotopic (exact) mass is 295 g/mol. The maximum Gasteiger partial charge on any atom is 0.471 e. The maximum atomic E-state index is 12.2. The number of rotatable bonds is 4. The van der Waals surface area contributed by atoms with Crippen molar-refractivity contribution in [1.82, 2.24) is 5.32 Å². The molecule has 5 nitrogen and oxygen atoms in total. The van der Waals surface area contributed by atoms with E-state index in [4.69, 9.17) is 5.73 Å². The SMILES string of the molecule is Cc1cc(C(=O)NCCN)c(NC(=O)C(F)(F)F)s1. The molecule has 19 heavy (non-hydrogen) atoms. The molecule has 0 atom stereocenters. The molecule has 0 aliphatic carbocycles. The van der Waals surface area contributed by atoms with Crippen LogP contribution in [-0.2, 0) is 4.79 Å². The zero-order valence-corrected chi connectivity index (χ0v) is 10.7. The Labute approximate surface area is 111 Å². The molecule has 1 heterocycles. The van der Waals surface area contributed by atoms with Crippen molar-refractivity contribution < 1.29 is 22.8 Å². The zero-order valence-electron chi connectivity index (χ0n) is 9.93. The Bertz CT molecular complexity index is 485. The van der Waals surface area contributed by atoms with Gasteiger partial charge in [-0.05, 0) is 13.0 Å². The smallest absolute Gasteiger partial charge is 0.351 e. The van der Waals surface area contributed by atoms with E-state index in [-0.39, 0.29) is 23.7 Å². The lowest BCUT2D eigenvalue weighted by molar-refractivity contribution is -0.167. The summed E-state index contributed by atoms with van der Waals surface area (Å²) >= 11 is 0.897. The predicted octanol–water partition coefficient (Wildman–Crippen LogP) is 1.25. The summed E-state index contributed by atoms with van der Waals surface area (Å²) in [6, 6.07) is 1.41. The molecular formula is C10H12F3N3O2S. The number of nitrogens with one attached hydrogen (secondary N) is 2. The molecule has 106 valence electrons. The summed E-state index contributed by atoms with van der Waals surface area (Å²) in [7, 11) is 0. The molecule has 0 bridgehead atoms. The number of halogens is 3. The van der Waals surface area contributed by atoms with Gasteiger partial charge < -0.3 is 16.4 Å². The minimum absolute atomic E-state index is 0.00597. The van der Waals surface area contributed by atoms with E-state index < -0.39 is 18.0 Å². The van der Waals surface area contributed by atoms with Crippen molar-refractivity contribution in [2.24, 2.45) is 5.73 Å². The van der Waals surface area contributed by atoms with Crippen molar-refractivity contribution in [2.45, 2.75) is 13.1 Å². The van der Waals surface area contributed by atoms with Crippen LogP contribution in [0.25, 0.3) is 0 Å². The van der Waals surface area contributed by atoms with Gasteiger partial charge in [-0.25, -0.2) is 0 Å². The maximum absolute atomic E-state index is 12.2. The Balaban J connectivity index is 2.90. The largest absolute Gasteiger partial charge is 0.471 e. The van der Waals surface area contributed by atoms with Gasteiger partial charge in [-0.15, -0.1) is 11.3 Å². The van der Waals surface area contributed by atoms with Gasteiger partial charge in [0.15, 0.2) is 0 Å². The average molecular weight is 295 g/mol. The van der Waals surface area contributed by atoms with Crippen LogP contribution in [-0.4, -0.2) is 31.1 Å². The van der Waals surface area contributed by atoms with E-state index >= 15 is 0 Å². The van der Waals surface area contributed by atoms with Gasteiger partial charge in [0, 0.05) is 18.0 Å². The standard InChI is InChI=1S/C10H12F3N3O2S/c1-5-4-6(7(17)15-3-2-14)8(19-5)16-9(18)10(11,12)13/h4H,2-3,14H2,1H3,(H,15,17)(H,16,18). The van der Waals surface area contributed by atoms with Crippen LogP contribution in [0, 0.1) is 6.92 Å². The zero-order chi connectivity index (χ0) is 14.6. The van der Waals surface area contributed by atoms with Crippen LogP contribution in [0.15, 0.2) is 6.07 Å². The number of carbonyl (C=O) groups excluding carboxylic acids is 2. The van der Waals surface area contributed by atoms with Crippen LogP contribution in [0.2, 0.25) is 0 Å². The van der Waals surface area contributed by atoms with E-state index in [1.165, 1.54) is 6.07 Å². The van der Waals surface area contributed by atoms with E-state index in [0.29, 0.717) is 4.88 Å². The van der Waals surface area contributed by atoms with E-state index in [1.54, 1.807) is 12.2 Å². The second kappa shape index (κ2) is 6.02. The molecule has 0 aliphatic rings. The second-order valence-corrected chi connectivity index (χ2v) is 4.85. The first-order valence-corrected chi connectivity index (χ1v) is 6.04. The molecule has 0 unspecified atom stereocenters.